The zero-order valence-electron chi connectivity index (χ0n) is 15.9. The number of hydrogen-bond donors (Lipinski definition) is 1. The van der Waals surface area contributed by atoms with E-state index in [2.05, 4.69) is 10.4 Å². The maximum absolute atomic E-state index is 13.3. The van der Waals surface area contributed by atoms with Crippen LogP contribution in [0.4, 0.5) is 32.2 Å². The van der Waals surface area contributed by atoms with Crippen LogP contribution < -0.4 is 5.32 Å². The molecule has 0 atom stereocenters. The number of benzene rings is 2. The second-order valence-corrected chi connectivity index (χ2v) is 7.62. The second kappa shape index (κ2) is 7.78. The molecule has 0 saturated carbocycles. The van der Waals surface area contributed by atoms with Gasteiger partial charge in [-0.25, -0.2) is 4.68 Å². The molecule has 0 unspecified atom stereocenters. The molecular weight excluding hydrogens is 444 g/mol. The number of aromatic nitrogens is 2. The van der Waals surface area contributed by atoms with E-state index in [4.69, 9.17) is 11.6 Å². The van der Waals surface area contributed by atoms with E-state index < -0.39 is 23.5 Å². The van der Waals surface area contributed by atoms with Crippen molar-refractivity contribution in [2.24, 2.45) is 0 Å². The lowest BCUT2D eigenvalue weighted by molar-refractivity contribution is -0.138. The van der Waals surface area contributed by atoms with Crippen LogP contribution in [0.5, 0.6) is 0 Å². The van der Waals surface area contributed by atoms with Gasteiger partial charge in [-0.3, -0.25) is 0 Å². The molecule has 1 aliphatic heterocycles. The van der Waals surface area contributed by atoms with Crippen molar-refractivity contribution in [2.75, 3.05) is 11.9 Å². The summed E-state index contributed by atoms with van der Waals surface area (Å²) in [6, 6.07) is 7.46. The number of fused-ring (bicyclic) bond motifs is 1. The Labute approximate surface area is 178 Å². The smallest absolute Gasteiger partial charge is 0.370 e. The predicted octanol–water partition coefficient (Wildman–Crippen LogP) is 6.98. The summed E-state index contributed by atoms with van der Waals surface area (Å²) in [6.45, 7) is 0.606. The van der Waals surface area contributed by atoms with E-state index in [0.29, 0.717) is 30.0 Å². The second-order valence-electron chi connectivity index (χ2n) is 7.21. The molecule has 1 N–H and O–H groups in total. The highest BCUT2D eigenvalue weighted by Gasteiger charge is 2.33. The zero-order chi connectivity index (χ0) is 22.4. The minimum Gasteiger partial charge on any atom is -0.370 e. The van der Waals surface area contributed by atoms with Gasteiger partial charge in [0.05, 0.1) is 27.5 Å². The Morgan fingerprint density at radius 3 is 2.16 bits per heavy atom. The number of rotatable bonds is 2. The molecule has 0 fully saturated rings. The third kappa shape index (κ3) is 4.23. The SMILES string of the molecule is FC(F)(F)c1ccc(-n2nc(-c3cc(C(F)(F)F)ccc3Cl)c3c2NCCCC3)cc1. The van der Waals surface area contributed by atoms with Crippen molar-refractivity contribution in [3.63, 3.8) is 0 Å². The topological polar surface area (TPSA) is 29.9 Å². The number of halogens is 7. The van der Waals surface area contributed by atoms with Crippen molar-refractivity contribution in [1.29, 1.82) is 0 Å². The first-order valence-electron chi connectivity index (χ1n) is 9.46. The third-order valence-electron chi connectivity index (χ3n) is 5.12. The number of nitrogens with one attached hydrogen (secondary N) is 1. The molecule has 3 nitrogen and oxygen atoms in total. The lowest BCUT2D eigenvalue weighted by Gasteiger charge is -2.11. The monoisotopic (exact) mass is 459 g/mol. The van der Waals surface area contributed by atoms with Crippen LogP contribution in [0.3, 0.4) is 0 Å². The molecule has 2 heterocycles. The molecule has 0 saturated heterocycles. The molecule has 1 aliphatic rings. The van der Waals surface area contributed by atoms with E-state index in [0.717, 1.165) is 37.1 Å². The van der Waals surface area contributed by atoms with Crippen LogP contribution in [-0.2, 0) is 18.8 Å². The Hall–Kier alpha value is -2.68. The van der Waals surface area contributed by atoms with Gasteiger partial charge in [-0.2, -0.15) is 31.4 Å². The van der Waals surface area contributed by atoms with E-state index in [9.17, 15) is 26.3 Å². The number of hydrogen-bond acceptors (Lipinski definition) is 2. The van der Waals surface area contributed by atoms with Crippen LogP contribution >= 0.6 is 11.6 Å². The van der Waals surface area contributed by atoms with Crippen molar-refractivity contribution in [3.05, 3.63) is 64.2 Å². The van der Waals surface area contributed by atoms with Crippen LogP contribution in [-0.4, -0.2) is 16.3 Å². The number of alkyl halides is 6. The van der Waals surface area contributed by atoms with E-state index in [1.807, 2.05) is 0 Å². The molecule has 0 bridgehead atoms. The van der Waals surface area contributed by atoms with Gasteiger partial charge in [0.15, 0.2) is 0 Å². The van der Waals surface area contributed by atoms with Crippen LogP contribution in [0.1, 0.15) is 29.5 Å². The normalized spacial score (nSPS) is 14.7. The van der Waals surface area contributed by atoms with Gasteiger partial charge in [0.1, 0.15) is 5.82 Å². The van der Waals surface area contributed by atoms with Gasteiger partial charge in [-0.05, 0) is 61.7 Å². The van der Waals surface area contributed by atoms with Gasteiger partial charge in [0.25, 0.3) is 0 Å². The maximum Gasteiger partial charge on any atom is 0.416 e. The van der Waals surface area contributed by atoms with Gasteiger partial charge in [-0.1, -0.05) is 11.6 Å². The quantitative estimate of drug-likeness (QED) is 0.419. The Morgan fingerprint density at radius 2 is 1.52 bits per heavy atom. The first-order chi connectivity index (χ1) is 14.6. The van der Waals surface area contributed by atoms with Crippen LogP contribution in [0.25, 0.3) is 16.9 Å². The molecule has 1 aromatic heterocycles. The van der Waals surface area contributed by atoms with Gasteiger partial charge < -0.3 is 5.32 Å². The van der Waals surface area contributed by atoms with Gasteiger partial charge in [-0.15, -0.1) is 0 Å². The summed E-state index contributed by atoms with van der Waals surface area (Å²) in [6.07, 6.45) is -6.87. The lowest BCUT2D eigenvalue weighted by atomic mass is 10.0. The highest BCUT2D eigenvalue weighted by atomic mass is 35.5. The average molecular weight is 460 g/mol. The van der Waals surface area contributed by atoms with Crippen molar-refractivity contribution in [2.45, 2.75) is 31.6 Å². The first kappa shape index (κ1) is 21.5. The van der Waals surface area contributed by atoms with Gasteiger partial charge >= 0.3 is 12.4 Å². The zero-order valence-corrected chi connectivity index (χ0v) is 16.7. The van der Waals surface area contributed by atoms with E-state index in [1.54, 1.807) is 0 Å². The molecule has 0 radical (unpaired) electrons. The average Bonchev–Trinajstić information content (AvgIpc) is 2.88. The van der Waals surface area contributed by atoms with Gasteiger partial charge in [0.2, 0.25) is 0 Å². The molecule has 10 heteroatoms. The maximum atomic E-state index is 13.3. The summed E-state index contributed by atoms with van der Waals surface area (Å²) in [4.78, 5) is 0. The van der Waals surface area contributed by atoms with Crippen LogP contribution in [0.15, 0.2) is 42.5 Å². The van der Waals surface area contributed by atoms with E-state index >= 15 is 0 Å². The third-order valence-corrected chi connectivity index (χ3v) is 5.45. The van der Waals surface area contributed by atoms with Crippen LogP contribution in [0.2, 0.25) is 5.02 Å². The molecule has 0 aliphatic carbocycles. The van der Waals surface area contributed by atoms with Crippen molar-refractivity contribution >= 4 is 17.4 Å². The molecule has 2 aromatic carbocycles. The number of nitrogens with zero attached hydrogens (tertiary/aromatic N) is 2. The van der Waals surface area contributed by atoms with E-state index in [1.165, 1.54) is 22.9 Å². The highest BCUT2D eigenvalue weighted by Crippen LogP contribution is 2.40. The molecule has 31 heavy (non-hydrogen) atoms. The molecule has 0 spiro atoms. The largest absolute Gasteiger partial charge is 0.416 e. The van der Waals surface area contributed by atoms with Crippen LogP contribution in [0, 0.1) is 0 Å². The summed E-state index contributed by atoms with van der Waals surface area (Å²) in [5, 5.41) is 7.78. The molecule has 4 rings (SSSR count). The lowest BCUT2D eigenvalue weighted by Crippen LogP contribution is -2.08. The standard InChI is InChI=1S/C21H16ClF6N3/c22-17-9-6-13(21(26,27)28)11-16(17)18-15-3-1-2-10-29-19(15)31(30-18)14-7-4-12(5-8-14)20(23,24)25/h4-9,11,29H,1-3,10H2. The minimum absolute atomic E-state index is 0.108. The van der Waals surface area contributed by atoms with Crippen molar-refractivity contribution < 1.29 is 26.3 Å². The van der Waals surface area contributed by atoms with E-state index in [-0.39, 0.29) is 16.3 Å². The van der Waals surface area contributed by atoms with Crippen molar-refractivity contribution in [1.82, 2.24) is 9.78 Å². The predicted molar refractivity (Wildman–Crippen MR) is 105 cm³/mol. The Bertz CT molecular complexity index is 1100. The molecule has 0 amide bonds. The summed E-state index contributed by atoms with van der Waals surface area (Å²) < 4.78 is 79.9. The highest BCUT2D eigenvalue weighted by molar-refractivity contribution is 6.33. The fourth-order valence-electron chi connectivity index (χ4n) is 3.58. The molecular formula is C21H16ClF6N3. The fraction of sp³-hybridized carbons (Fsp3) is 0.286. The molecule has 164 valence electrons. The minimum atomic E-state index is -4.55. The number of anilines is 1. The summed E-state index contributed by atoms with van der Waals surface area (Å²) >= 11 is 6.23. The summed E-state index contributed by atoms with van der Waals surface area (Å²) in [5.74, 6) is 0.542. The first-order valence-corrected chi connectivity index (χ1v) is 9.84. The fourth-order valence-corrected chi connectivity index (χ4v) is 3.79. The Morgan fingerprint density at radius 1 is 0.871 bits per heavy atom. The Balaban J connectivity index is 1.87. The van der Waals surface area contributed by atoms with Gasteiger partial charge in [0, 0.05) is 17.7 Å². The Kier molecular flexibility index (Phi) is 5.41. The summed E-state index contributed by atoms with van der Waals surface area (Å²) in [5.41, 5.74) is -0.218. The summed E-state index contributed by atoms with van der Waals surface area (Å²) in [7, 11) is 0. The van der Waals surface area contributed by atoms with Crippen molar-refractivity contribution in [3.8, 4) is 16.9 Å². The molecule has 3 aromatic rings.